The van der Waals surface area contributed by atoms with Gasteiger partial charge in [0, 0.05) is 19.0 Å². The number of nitrogens with one attached hydrogen (secondary N) is 1. The summed E-state index contributed by atoms with van der Waals surface area (Å²) in [4.78, 5) is 38.6. The molecular formula is C22H24N2O6. The number of hydrogen-bond acceptors (Lipinski definition) is 7. The Kier molecular flexibility index (Phi) is 6.75. The van der Waals surface area contributed by atoms with Gasteiger partial charge in [0.25, 0.3) is 5.91 Å². The first-order chi connectivity index (χ1) is 14.5. The van der Waals surface area contributed by atoms with Crippen LogP contribution in [0.15, 0.2) is 15.3 Å². The lowest BCUT2D eigenvalue weighted by Crippen LogP contribution is -2.37. The van der Waals surface area contributed by atoms with Gasteiger partial charge in [0.15, 0.2) is 23.4 Å². The Hall–Kier alpha value is -3.31. The summed E-state index contributed by atoms with van der Waals surface area (Å²) >= 11 is 0. The van der Waals surface area contributed by atoms with Gasteiger partial charge in [-0.1, -0.05) is 6.42 Å². The predicted molar refractivity (Wildman–Crippen MR) is 111 cm³/mol. The second kappa shape index (κ2) is 9.46. The van der Waals surface area contributed by atoms with Gasteiger partial charge >= 0.3 is 0 Å². The number of aldehydes is 1. The van der Waals surface area contributed by atoms with Crippen molar-refractivity contribution in [3.8, 4) is 23.3 Å². The van der Waals surface area contributed by atoms with E-state index in [9.17, 15) is 19.5 Å². The van der Waals surface area contributed by atoms with Gasteiger partial charge in [0.2, 0.25) is 5.43 Å². The first-order valence-electron chi connectivity index (χ1n) is 9.81. The van der Waals surface area contributed by atoms with Crippen LogP contribution < -0.4 is 15.5 Å². The maximum atomic E-state index is 12.9. The van der Waals surface area contributed by atoms with Crippen molar-refractivity contribution >= 4 is 23.2 Å². The van der Waals surface area contributed by atoms with Crippen molar-refractivity contribution < 1.29 is 23.8 Å². The second-order valence-electron chi connectivity index (χ2n) is 7.11. The average molecular weight is 412 g/mol. The molecule has 8 heteroatoms. The van der Waals surface area contributed by atoms with Gasteiger partial charge in [-0.2, -0.15) is 0 Å². The number of amides is 1. The summed E-state index contributed by atoms with van der Waals surface area (Å²) in [5.41, 5.74) is -0.733. The molecule has 0 unspecified atom stereocenters. The van der Waals surface area contributed by atoms with Gasteiger partial charge in [0.1, 0.15) is 16.9 Å². The van der Waals surface area contributed by atoms with E-state index in [1.807, 2.05) is 0 Å². The molecule has 0 spiro atoms. The van der Waals surface area contributed by atoms with Crippen LogP contribution in [0.3, 0.4) is 0 Å². The van der Waals surface area contributed by atoms with Crippen LogP contribution in [0.4, 0.5) is 0 Å². The molecule has 2 N–H and O–H groups in total. The number of aromatic hydroxyl groups is 1. The number of nitrogens with zero attached hydrogens (tertiary/aromatic N) is 1. The summed E-state index contributed by atoms with van der Waals surface area (Å²) in [5.74, 6) is 4.22. The lowest BCUT2D eigenvalue weighted by molar-refractivity contribution is -0.115. The molecular weight excluding hydrogens is 388 g/mol. The van der Waals surface area contributed by atoms with Crippen LogP contribution in [-0.4, -0.2) is 55.5 Å². The van der Waals surface area contributed by atoms with Crippen LogP contribution in [0.2, 0.25) is 0 Å². The van der Waals surface area contributed by atoms with Gasteiger partial charge in [-0.3, -0.25) is 14.4 Å². The van der Waals surface area contributed by atoms with E-state index in [0.717, 1.165) is 19.6 Å². The van der Waals surface area contributed by atoms with Crippen molar-refractivity contribution in [2.24, 2.45) is 0 Å². The summed E-state index contributed by atoms with van der Waals surface area (Å²) in [7, 11) is 1.31. The minimum atomic E-state index is -0.510. The number of rotatable bonds is 5. The number of carbonyl (C=O) groups is 2. The molecule has 0 atom stereocenters. The van der Waals surface area contributed by atoms with Crippen LogP contribution in [-0.2, 0) is 4.79 Å². The molecule has 8 nitrogen and oxygen atoms in total. The fourth-order valence-electron chi connectivity index (χ4n) is 3.51. The van der Waals surface area contributed by atoms with Gasteiger partial charge in [0.05, 0.1) is 12.5 Å². The number of hydrogen-bond donors (Lipinski definition) is 2. The number of ether oxygens (including phenoxy) is 1. The van der Waals surface area contributed by atoms with Crippen molar-refractivity contribution in [3.05, 3.63) is 33.2 Å². The first kappa shape index (κ1) is 21.4. The highest BCUT2D eigenvalue weighted by atomic mass is 16.5. The molecule has 3 rings (SSSR count). The Balaban J connectivity index is 1.83. The molecule has 0 aliphatic carbocycles. The smallest absolute Gasteiger partial charge is 0.296 e. The van der Waals surface area contributed by atoms with E-state index in [-0.39, 0.29) is 33.6 Å². The zero-order valence-corrected chi connectivity index (χ0v) is 17.0. The summed E-state index contributed by atoms with van der Waals surface area (Å²) in [5, 5.41) is 12.9. The van der Waals surface area contributed by atoms with Gasteiger partial charge in [-0.05, 0) is 44.8 Å². The van der Waals surface area contributed by atoms with E-state index >= 15 is 0 Å². The number of methoxy groups -OCH3 is 1. The number of likely N-dealkylation sites (tertiary alicyclic amines) is 1. The molecule has 158 valence electrons. The van der Waals surface area contributed by atoms with Gasteiger partial charge < -0.3 is 24.5 Å². The molecule has 1 aromatic carbocycles. The Morgan fingerprint density at radius 2 is 2.10 bits per heavy atom. The van der Waals surface area contributed by atoms with Crippen LogP contribution >= 0.6 is 0 Å². The number of piperidine rings is 1. The van der Waals surface area contributed by atoms with Crippen molar-refractivity contribution in [2.75, 3.05) is 33.3 Å². The fraction of sp³-hybridized carbons (Fsp3) is 0.409. The van der Waals surface area contributed by atoms with Crippen LogP contribution in [0.5, 0.6) is 11.5 Å². The third-order valence-corrected chi connectivity index (χ3v) is 5.13. The average Bonchev–Trinajstić information content (AvgIpc) is 2.74. The van der Waals surface area contributed by atoms with Crippen LogP contribution in [0.1, 0.15) is 40.9 Å². The van der Waals surface area contributed by atoms with Gasteiger partial charge in [-0.15, -0.1) is 0 Å². The van der Waals surface area contributed by atoms with E-state index in [1.165, 1.54) is 39.4 Å². The minimum Gasteiger partial charge on any atom is -0.504 e. The quantitative estimate of drug-likeness (QED) is 0.567. The molecule has 0 bridgehead atoms. The van der Waals surface area contributed by atoms with E-state index in [0.29, 0.717) is 12.8 Å². The zero-order chi connectivity index (χ0) is 21.7. The van der Waals surface area contributed by atoms with Crippen molar-refractivity contribution in [2.45, 2.75) is 26.2 Å². The molecule has 0 saturated carbocycles. The van der Waals surface area contributed by atoms with Crippen molar-refractivity contribution in [1.29, 1.82) is 0 Å². The maximum absolute atomic E-state index is 12.9. The number of phenols is 1. The number of benzene rings is 1. The SMILES string of the molecule is COc1cc2c(=O)c(C#CC(=O)NCCN3CCCCC3)c(C)oc2c(C=O)c1O. The van der Waals surface area contributed by atoms with Crippen molar-refractivity contribution in [1.82, 2.24) is 10.2 Å². The maximum Gasteiger partial charge on any atom is 0.296 e. The van der Waals surface area contributed by atoms with Crippen molar-refractivity contribution in [3.63, 3.8) is 0 Å². The topological polar surface area (TPSA) is 109 Å². The molecule has 2 heterocycles. The summed E-state index contributed by atoms with van der Waals surface area (Å²) in [6.45, 7) is 4.84. The predicted octanol–water partition coefficient (Wildman–Crippen LogP) is 1.58. The first-order valence-corrected chi connectivity index (χ1v) is 9.81. The minimum absolute atomic E-state index is 0.0123. The molecule has 1 aliphatic rings. The molecule has 1 amide bonds. The lowest BCUT2D eigenvalue weighted by Gasteiger charge is -2.26. The Labute approximate surface area is 173 Å². The highest BCUT2D eigenvalue weighted by Crippen LogP contribution is 2.35. The molecule has 2 aromatic rings. The molecule has 1 aromatic heterocycles. The lowest BCUT2D eigenvalue weighted by atomic mass is 10.1. The summed E-state index contributed by atoms with van der Waals surface area (Å²) in [6.07, 6.45) is 4.00. The van der Waals surface area contributed by atoms with E-state index in [2.05, 4.69) is 22.1 Å². The second-order valence-corrected chi connectivity index (χ2v) is 7.11. The third kappa shape index (κ3) is 4.47. The molecule has 1 aliphatic heterocycles. The molecule has 1 saturated heterocycles. The highest BCUT2D eigenvalue weighted by Gasteiger charge is 2.19. The van der Waals surface area contributed by atoms with Crippen LogP contribution in [0.25, 0.3) is 11.0 Å². The number of aryl methyl sites for hydroxylation is 1. The van der Waals surface area contributed by atoms with E-state index in [4.69, 9.17) is 9.15 Å². The van der Waals surface area contributed by atoms with Gasteiger partial charge in [-0.25, -0.2) is 0 Å². The monoisotopic (exact) mass is 412 g/mol. The summed E-state index contributed by atoms with van der Waals surface area (Å²) in [6, 6.07) is 1.28. The number of fused-ring (bicyclic) bond motifs is 1. The standard InChI is InChI=1S/C22H24N2O6/c1-14-15(6-7-19(26)23-8-11-24-9-4-3-5-10-24)20(27)16-12-18(29-2)21(28)17(13-25)22(16)30-14/h12-13,28H,3-5,8-11H2,1-2H3,(H,23,26). The van der Waals surface area contributed by atoms with E-state index in [1.54, 1.807) is 0 Å². The molecule has 0 radical (unpaired) electrons. The van der Waals surface area contributed by atoms with Crippen LogP contribution in [0, 0.1) is 18.8 Å². The Bertz CT molecular complexity index is 1090. The third-order valence-electron chi connectivity index (χ3n) is 5.13. The zero-order valence-electron chi connectivity index (χ0n) is 17.0. The molecule has 30 heavy (non-hydrogen) atoms. The Morgan fingerprint density at radius 3 is 2.77 bits per heavy atom. The highest BCUT2D eigenvalue weighted by molar-refractivity contribution is 5.99. The fourth-order valence-corrected chi connectivity index (χ4v) is 3.51. The Morgan fingerprint density at radius 1 is 1.37 bits per heavy atom. The normalized spacial score (nSPS) is 14.1. The number of carbonyl (C=O) groups excluding carboxylic acids is 2. The number of phenolic OH excluding ortho intramolecular Hbond substituents is 1. The van der Waals surface area contributed by atoms with E-state index < -0.39 is 17.1 Å². The molecule has 1 fully saturated rings. The largest absolute Gasteiger partial charge is 0.504 e. The summed E-state index contributed by atoms with van der Waals surface area (Å²) < 4.78 is 10.6.